The van der Waals surface area contributed by atoms with E-state index in [0.717, 1.165) is 9.80 Å². The maximum atomic E-state index is 13.7. The summed E-state index contributed by atoms with van der Waals surface area (Å²) in [6, 6.07) is 0. The number of nitrogens with two attached hydrogens (primary N) is 6. The Balaban J connectivity index is 2.12. The van der Waals surface area contributed by atoms with Crippen LogP contribution in [0.25, 0.3) is 0 Å². The van der Waals surface area contributed by atoms with Crippen molar-refractivity contribution in [1.29, 1.82) is 10.8 Å². The SMILES string of the molecule is N=C(N)N(C(=O)c1nc(Cl)c(N)nc1N)C1=CC(CBr)C(CBr)(N(C(=N)N)C(=O)c2nc(Cl)c(N)nc2N)C=C1. The number of amides is 2. The Labute approximate surface area is 253 Å². The molecule has 0 radical (unpaired) electrons. The number of hydrogen-bond acceptors (Lipinski definition) is 12. The van der Waals surface area contributed by atoms with Crippen LogP contribution >= 0.6 is 55.1 Å². The Morgan fingerprint density at radius 2 is 1.38 bits per heavy atom. The van der Waals surface area contributed by atoms with Gasteiger partial charge in [-0.1, -0.05) is 67.2 Å². The quantitative estimate of drug-likeness (QED) is 0.117. The van der Waals surface area contributed by atoms with E-state index in [9.17, 15) is 9.59 Å². The van der Waals surface area contributed by atoms with Gasteiger partial charge in [-0.15, -0.1) is 0 Å². The van der Waals surface area contributed by atoms with E-state index in [1.165, 1.54) is 18.2 Å². The highest BCUT2D eigenvalue weighted by molar-refractivity contribution is 9.09. The molecule has 0 saturated carbocycles. The summed E-state index contributed by atoms with van der Waals surface area (Å²) in [7, 11) is 0. The number of carbonyl (C=O) groups is 2. The van der Waals surface area contributed by atoms with Crippen molar-refractivity contribution in [2.24, 2.45) is 17.4 Å². The van der Waals surface area contributed by atoms with Gasteiger partial charge >= 0.3 is 0 Å². The van der Waals surface area contributed by atoms with Gasteiger partial charge in [0.05, 0.1) is 5.54 Å². The van der Waals surface area contributed by atoms with E-state index in [-0.39, 0.29) is 55.6 Å². The predicted molar refractivity (Wildman–Crippen MR) is 159 cm³/mol. The number of guanidine groups is 2. The van der Waals surface area contributed by atoms with Crippen LogP contribution in [-0.2, 0) is 0 Å². The number of nitrogens with zero attached hydrogens (tertiary/aromatic N) is 6. The van der Waals surface area contributed by atoms with Crippen LogP contribution < -0.4 is 34.4 Å². The highest BCUT2D eigenvalue weighted by Gasteiger charge is 2.47. The van der Waals surface area contributed by atoms with Crippen molar-refractivity contribution < 1.29 is 9.59 Å². The molecule has 2 aromatic heterocycles. The fourth-order valence-electron chi connectivity index (χ4n) is 3.83. The highest BCUT2D eigenvalue weighted by Crippen LogP contribution is 2.38. The summed E-state index contributed by atoms with van der Waals surface area (Å²) in [6.07, 6.45) is 4.43. The minimum atomic E-state index is -1.37. The molecule has 16 nitrogen and oxygen atoms in total. The third-order valence-corrected chi connectivity index (χ3v) is 7.87. The number of aromatic nitrogens is 4. The third-order valence-electron chi connectivity index (χ3n) is 5.71. The lowest BCUT2D eigenvalue weighted by molar-refractivity contribution is 0.0714. The molecule has 3 rings (SSSR count). The Morgan fingerprint density at radius 3 is 1.80 bits per heavy atom. The number of allylic oxidation sites excluding steroid dienone is 1. The van der Waals surface area contributed by atoms with Crippen LogP contribution in [0.1, 0.15) is 21.0 Å². The maximum absolute atomic E-state index is 13.7. The van der Waals surface area contributed by atoms with Crippen LogP contribution in [0.5, 0.6) is 0 Å². The number of alkyl halides is 2. The average Bonchev–Trinajstić information content (AvgIpc) is 2.88. The van der Waals surface area contributed by atoms with Gasteiger partial charge in [0, 0.05) is 22.3 Å². The van der Waals surface area contributed by atoms with E-state index in [4.69, 9.17) is 68.4 Å². The number of anilines is 4. The van der Waals surface area contributed by atoms with Gasteiger partial charge < -0.3 is 34.4 Å². The van der Waals surface area contributed by atoms with E-state index in [1.807, 2.05) is 0 Å². The minimum absolute atomic E-state index is 0.0396. The molecule has 2 atom stereocenters. The summed E-state index contributed by atoms with van der Waals surface area (Å²) in [6.45, 7) is 0. The van der Waals surface area contributed by atoms with Crippen LogP contribution in [0, 0.1) is 16.7 Å². The zero-order chi connectivity index (χ0) is 30.1. The number of nitrogens with one attached hydrogen (secondary N) is 2. The molecule has 0 spiro atoms. The van der Waals surface area contributed by atoms with Crippen molar-refractivity contribution in [3.05, 3.63) is 45.6 Å². The van der Waals surface area contributed by atoms with E-state index in [2.05, 4.69) is 51.8 Å². The van der Waals surface area contributed by atoms with Crippen LogP contribution in [0.4, 0.5) is 23.3 Å². The van der Waals surface area contributed by atoms with Crippen LogP contribution in [0.15, 0.2) is 23.9 Å². The Kier molecular flexibility index (Phi) is 9.07. The molecular weight excluding hydrogens is 699 g/mol. The molecule has 2 heterocycles. The molecule has 0 aliphatic heterocycles. The van der Waals surface area contributed by atoms with E-state index in [0.29, 0.717) is 0 Å². The van der Waals surface area contributed by atoms with Crippen molar-refractivity contribution in [3.63, 3.8) is 0 Å². The molecule has 14 N–H and O–H groups in total. The van der Waals surface area contributed by atoms with Crippen molar-refractivity contribution in [2.75, 3.05) is 33.6 Å². The van der Waals surface area contributed by atoms with E-state index >= 15 is 0 Å². The number of halogens is 4. The molecule has 20 heteroatoms. The fraction of sp³-hybridized carbons (Fsp3) is 0.200. The van der Waals surface area contributed by atoms with Gasteiger partial charge in [-0.3, -0.25) is 25.3 Å². The zero-order valence-corrected chi connectivity index (χ0v) is 24.9. The van der Waals surface area contributed by atoms with Gasteiger partial charge in [0.2, 0.25) is 0 Å². The molecule has 0 fully saturated rings. The molecule has 2 unspecified atom stereocenters. The number of nitrogen functional groups attached to an aromatic ring is 4. The Hall–Kier alpha value is -3.74. The molecule has 1 aliphatic carbocycles. The monoisotopic (exact) mass is 718 g/mol. The van der Waals surface area contributed by atoms with E-state index < -0.39 is 40.9 Å². The third kappa shape index (κ3) is 5.47. The van der Waals surface area contributed by atoms with Crippen molar-refractivity contribution in [1.82, 2.24) is 29.7 Å². The van der Waals surface area contributed by atoms with E-state index in [1.54, 1.807) is 0 Å². The first kappa shape index (κ1) is 30.8. The first-order chi connectivity index (χ1) is 18.7. The lowest BCUT2D eigenvalue weighted by Gasteiger charge is -2.45. The van der Waals surface area contributed by atoms with Crippen LogP contribution in [0.3, 0.4) is 0 Å². The molecule has 40 heavy (non-hydrogen) atoms. The summed E-state index contributed by atoms with van der Waals surface area (Å²) >= 11 is 18.7. The zero-order valence-electron chi connectivity index (χ0n) is 20.2. The summed E-state index contributed by atoms with van der Waals surface area (Å²) in [4.78, 5) is 44.2. The Morgan fingerprint density at radius 1 is 0.875 bits per heavy atom. The molecule has 2 amide bonds. The summed E-state index contributed by atoms with van der Waals surface area (Å²) in [5.41, 5.74) is 32.5. The topological polar surface area (TPSA) is 296 Å². The average molecular weight is 721 g/mol. The van der Waals surface area contributed by atoms with Gasteiger partial charge in [-0.05, 0) is 6.08 Å². The van der Waals surface area contributed by atoms with Gasteiger partial charge in [-0.25, -0.2) is 24.8 Å². The van der Waals surface area contributed by atoms with Gasteiger partial charge in [0.25, 0.3) is 11.8 Å². The summed E-state index contributed by atoms with van der Waals surface area (Å²) in [5, 5.41) is 16.0. The lowest BCUT2D eigenvalue weighted by Crippen LogP contribution is -2.62. The molecular formula is C20H22Br2Cl2N14O2. The molecule has 0 aromatic carbocycles. The number of carbonyl (C=O) groups excluding carboxylic acids is 2. The summed E-state index contributed by atoms with van der Waals surface area (Å²) < 4.78 is 0. The fourth-order valence-corrected chi connectivity index (χ4v) is 5.68. The molecule has 0 bridgehead atoms. The smallest absolute Gasteiger partial charge is 0.287 e. The summed E-state index contributed by atoms with van der Waals surface area (Å²) in [5.74, 6) is -4.91. The van der Waals surface area contributed by atoms with Crippen LogP contribution in [0.2, 0.25) is 10.3 Å². The highest BCUT2D eigenvalue weighted by atomic mass is 79.9. The molecule has 2 aromatic rings. The first-order valence-electron chi connectivity index (χ1n) is 10.8. The molecule has 0 saturated heterocycles. The standard InChI is InChI=1S/C20H22Br2Cl2N14O2/c21-4-6-3-7(37(18(29)30)16(39)8-12(25)35-14(27)10(23)33-8)1-2-20(6,5-22)38(19(31)32)17(40)9-13(26)36-15(28)11(24)34-9/h1-3,6H,4-5H2,(H3,29,30)(H3,31,32)(H4,25,27,35)(H4,26,28,36). The number of hydrogen-bond donors (Lipinski definition) is 8. The van der Waals surface area contributed by atoms with Gasteiger partial charge in [0.1, 0.15) is 0 Å². The predicted octanol–water partition coefficient (Wildman–Crippen LogP) is 0.872. The Bertz CT molecular complexity index is 1490. The van der Waals surface area contributed by atoms with Crippen LogP contribution in [-0.4, -0.2) is 69.7 Å². The first-order valence-corrected chi connectivity index (χ1v) is 13.8. The minimum Gasteiger partial charge on any atom is -0.382 e. The van der Waals surface area contributed by atoms with Crippen molar-refractivity contribution in [2.45, 2.75) is 5.54 Å². The largest absolute Gasteiger partial charge is 0.382 e. The normalized spacial score (nSPS) is 18.1. The second kappa shape index (κ2) is 11.8. The second-order valence-corrected chi connectivity index (χ2v) is 10.1. The lowest BCUT2D eigenvalue weighted by atomic mass is 9.80. The number of rotatable bonds is 6. The molecule has 212 valence electrons. The van der Waals surface area contributed by atoms with Gasteiger partial charge in [-0.2, -0.15) is 0 Å². The maximum Gasteiger partial charge on any atom is 0.287 e. The second-order valence-electron chi connectivity index (χ2n) is 8.13. The molecule has 1 aliphatic rings. The van der Waals surface area contributed by atoms with Crippen molar-refractivity contribution >= 4 is 102 Å². The van der Waals surface area contributed by atoms with Gasteiger partial charge in [0.15, 0.2) is 56.9 Å². The van der Waals surface area contributed by atoms with Crippen molar-refractivity contribution in [3.8, 4) is 0 Å².